The summed E-state index contributed by atoms with van der Waals surface area (Å²) in [7, 11) is 3.10. The first-order valence-electron chi connectivity index (χ1n) is 11.1. The average molecular weight is 470 g/mol. The molecule has 0 bridgehead atoms. The Kier molecular flexibility index (Phi) is 8.12. The van der Waals surface area contributed by atoms with Crippen LogP contribution < -0.4 is 20.1 Å². The number of nitrogens with one attached hydrogen (secondary N) is 2. The minimum absolute atomic E-state index is 0.116. The molecule has 2 aromatic rings. The fourth-order valence-corrected chi connectivity index (χ4v) is 3.78. The van der Waals surface area contributed by atoms with Crippen LogP contribution in [-0.4, -0.2) is 62.8 Å². The molecule has 4 amide bonds. The SMILES string of the molecule is COc1ccc(C2(c3ccc(OC)cc3)NC(=O)N(CC(=O)NCCCOC(C)C)C2=O)cc1. The summed E-state index contributed by atoms with van der Waals surface area (Å²) < 4.78 is 15.9. The van der Waals surface area contributed by atoms with Gasteiger partial charge in [0.25, 0.3) is 5.91 Å². The number of urea groups is 1. The van der Waals surface area contributed by atoms with E-state index >= 15 is 0 Å². The third-order valence-electron chi connectivity index (χ3n) is 5.55. The molecule has 3 rings (SSSR count). The first kappa shape index (κ1) is 25.0. The predicted octanol–water partition coefficient (Wildman–Crippen LogP) is 2.43. The summed E-state index contributed by atoms with van der Waals surface area (Å²) >= 11 is 0. The van der Waals surface area contributed by atoms with E-state index in [1.807, 2.05) is 13.8 Å². The van der Waals surface area contributed by atoms with Crippen molar-refractivity contribution in [1.29, 1.82) is 0 Å². The van der Waals surface area contributed by atoms with Crippen molar-refractivity contribution < 1.29 is 28.6 Å². The van der Waals surface area contributed by atoms with E-state index in [-0.39, 0.29) is 12.6 Å². The first-order valence-corrected chi connectivity index (χ1v) is 11.1. The maximum atomic E-state index is 13.7. The molecule has 1 saturated heterocycles. The van der Waals surface area contributed by atoms with Crippen molar-refractivity contribution >= 4 is 17.8 Å². The largest absolute Gasteiger partial charge is 0.497 e. The fraction of sp³-hybridized carbons (Fsp3) is 0.400. The molecular weight excluding hydrogens is 438 g/mol. The summed E-state index contributed by atoms with van der Waals surface area (Å²) in [5.74, 6) is 0.269. The van der Waals surface area contributed by atoms with E-state index in [9.17, 15) is 14.4 Å². The van der Waals surface area contributed by atoms with Gasteiger partial charge >= 0.3 is 6.03 Å². The number of imide groups is 1. The number of amides is 4. The second-order valence-electron chi connectivity index (χ2n) is 8.15. The number of rotatable bonds is 11. The zero-order valence-electron chi connectivity index (χ0n) is 19.9. The van der Waals surface area contributed by atoms with Crippen LogP contribution >= 0.6 is 0 Å². The molecule has 34 heavy (non-hydrogen) atoms. The number of nitrogens with zero attached hydrogens (tertiary/aromatic N) is 1. The highest BCUT2D eigenvalue weighted by molar-refractivity contribution is 6.11. The Morgan fingerprint density at radius 1 is 0.971 bits per heavy atom. The zero-order chi connectivity index (χ0) is 24.7. The molecular formula is C25H31N3O6. The molecule has 1 heterocycles. The van der Waals surface area contributed by atoms with Crippen molar-refractivity contribution in [3.05, 3.63) is 59.7 Å². The van der Waals surface area contributed by atoms with Gasteiger partial charge in [-0.2, -0.15) is 0 Å². The van der Waals surface area contributed by atoms with Crippen LogP contribution in [0.5, 0.6) is 11.5 Å². The van der Waals surface area contributed by atoms with Gasteiger partial charge in [-0.15, -0.1) is 0 Å². The highest BCUT2D eigenvalue weighted by atomic mass is 16.5. The molecule has 1 aliphatic rings. The van der Waals surface area contributed by atoms with E-state index in [0.29, 0.717) is 42.2 Å². The van der Waals surface area contributed by atoms with E-state index in [1.54, 1.807) is 62.8 Å². The molecule has 2 N–H and O–H groups in total. The third kappa shape index (κ3) is 5.31. The number of ether oxygens (including phenoxy) is 3. The second kappa shape index (κ2) is 11.0. The van der Waals surface area contributed by atoms with Crippen LogP contribution in [0.4, 0.5) is 4.79 Å². The maximum absolute atomic E-state index is 13.7. The summed E-state index contributed by atoms with van der Waals surface area (Å²) in [4.78, 5) is 40.1. The highest BCUT2D eigenvalue weighted by Crippen LogP contribution is 2.37. The van der Waals surface area contributed by atoms with Gasteiger partial charge in [0, 0.05) is 13.2 Å². The van der Waals surface area contributed by atoms with Gasteiger partial charge in [0.15, 0.2) is 5.54 Å². The fourth-order valence-electron chi connectivity index (χ4n) is 3.78. The van der Waals surface area contributed by atoms with Crippen molar-refractivity contribution in [1.82, 2.24) is 15.5 Å². The number of hydrogen-bond acceptors (Lipinski definition) is 6. The molecule has 9 heteroatoms. The lowest BCUT2D eigenvalue weighted by Gasteiger charge is -2.28. The van der Waals surface area contributed by atoms with Crippen molar-refractivity contribution in [3.8, 4) is 11.5 Å². The summed E-state index contributed by atoms with van der Waals surface area (Å²) in [6.07, 6.45) is 0.747. The molecule has 0 radical (unpaired) electrons. The maximum Gasteiger partial charge on any atom is 0.326 e. The van der Waals surface area contributed by atoms with Crippen molar-refractivity contribution in [2.45, 2.75) is 31.9 Å². The second-order valence-corrected chi connectivity index (χ2v) is 8.15. The molecule has 0 aliphatic carbocycles. The van der Waals surface area contributed by atoms with Gasteiger partial charge in [-0.25, -0.2) is 4.79 Å². The van der Waals surface area contributed by atoms with Crippen LogP contribution in [-0.2, 0) is 19.9 Å². The normalized spacial score (nSPS) is 14.8. The van der Waals surface area contributed by atoms with E-state index < -0.39 is 23.4 Å². The zero-order valence-corrected chi connectivity index (χ0v) is 19.9. The van der Waals surface area contributed by atoms with Crippen molar-refractivity contribution in [2.24, 2.45) is 0 Å². The Morgan fingerprint density at radius 2 is 1.50 bits per heavy atom. The first-order chi connectivity index (χ1) is 16.3. The predicted molar refractivity (Wildman–Crippen MR) is 126 cm³/mol. The van der Waals surface area contributed by atoms with Gasteiger partial charge in [0.05, 0.1) is 20.3 Å². The molecule has 0 atom stereocenters. The summed E-state index contributed by atoms with van der Waals surface area (Å²) in [6.45, 7) is 4.39. The lowest BCUT2D eigenvalue weighted by atomic mass is 9.82. The average Bonchev–Trinajstić information content (AvgIpc) is 3.09. The minimum Gasteiger partial charge on any atom is -0.497 e. The van der Waals surface area contributed by atoms with Gasteiger partial charge in [-0.1, -0.05) is 24.3 Å². The van der Waals surface area contributed by atoms with E-state index in [0.717, 1.165) is 4.90 Å². The number of hydrogen-bond donors (Lipinski definition) is 2. The lowest BCUT2D eigenvalue weighted by molar-refractivity contribution is -0.134. The molecule has 0 unspecified atom stereocenters. The number of benzene rings is 2. The summed E-state index contributed by atoms with van der Waals surface area (Å²) in [5.41, 5.74) is -0.391. The molecule has 0 spiro atoms. The Bertz CT molecular complexity index is 957. The van der Waals surface area contributed by atoms with Gasteiger partial charge in [0.1, 0.15) is 18.0 Å². The quantitative estimate of drug-likeness (QED) is 0.387. The van der Waals surface area contributed by atoms with Crippen LogP contribution in [0.1, 0.15) is 31.4 Å². The standard InChI is InChI=1S/C25H31N3O6/c1-17(2)34-15-5-14-26-22(29)16-28-23(30)25(27-24(28)31,18-6-10-20(32-3)11-7-18)19-8-12-21(33-4)13-9-19/h6-13,17H,5,14-16H2,1-4H3,(H,26,29)(H,27,31). The molecule has 0 saturated carbocycles. The van der Waals surface area contributed by atoms with Gasteiger partial charge in [-0.05, 0) is 55.7 Å². The van der Waals surface area contributed by atoms with Gasteiger partial charge in [-0.3, -0.25) is 14.5 Å². The van der Waals surface area contributed by atoms with Crippen LogP contribution in [0.25, 0.3) is 0 Å². The smallest absolute Gasteiger partial charge is 0.326 e. The highest BCUT2D eigenvalue weighted by Gasteiger charge is 2.54. The number of carbonyl (C=O) groups is 3. The lowest BCUT2D eigenvalue weighted by Crippen LogP contribution is -2.46. The molecule has 1 fully saturated rings. The molecule has 1 aliphatic heterocycles. The Labute approximate surface area is 199 Å². The monoisotopic (exact) mass is 469 g/mol. The summed E-state index contributed by atoms with van der Waals surface area (Å²) in [5, 5.41) is 5.56. The van der Waals surface area contributed by atoms with Crippen LogP contribution in [0.3, 0.4) is 0 Å². The van der Waals surface area contributed by atoms with Gasteiger partial charge in [0.2, 0.25) is 5.91 Å². The van der Waals surface area contributed by atoms with Crippen molar-refractivity contribution in [2.75, 3.05) is 33.9 Å². The molecule has 2 aromatic carbocycles. The Balaban J connectivity index is 1.83. The Hall–Kier alpha value is -3.59. The molecule has 182 valence electrons. The van der Waals surface area contributed by atoms with Crippen molar-refractivity contribution in [3.63, 3.8) is 0 Å². The minimum atomic E-state index is -1.49. The number of carbonyl (C=O) groups excluding carboxylic acids is 3. The molecule has 9 nitrogen and oxygen atoms in total. The molecule has 0 aromatic heterocycles. The van der Waals surface area contributed by atoms with Gasteiger partial charge < -0.3 is 24.8 Å². The Morgan fingerprint density at radius 3 is 1.97 bits per heavy atom. The number of methoxy groups -OCH3 is 2. The van der Waals surface area contributed by atoms with E-state index in [4.69, 9.17) is 14.2 Å². The van der Waals surface area contributed by atoms with Crippen LogP contribution in [0, 0.1) is 0 Å². The summed E-state index contributed by atoms with van der Waals surface area (Å²) in [6, 6.07) is 13.1. The van der Waals surface area contributed by atoms with Crippen LogP contribution in [0.2, 0.25) is 0 Å². The topological polar surface area (TPSA) is 106 Å². The third-order valence-corrected chi connectivity index (χ3v) is 5.55. The van der Waals surface area contributed by atoms with E-state index in [1.165, 1.54) is 0 Å². The van der Waals surface area contributed by atoms with Crippen LogP contribution in [0.15, 0.2) is 48.5 Å². The van der Waals surface area contributed by atoms with E-state index in [2.05, 4.69) is 10.6 Å².